The van der Waals surface area contributed by atoms with E-state index in [0.717, 1.165) is 13.1 Å². The van der Waals surface area contributed by atoms with Gasteiger partial charge in [-0.15, -0.1) is 0 Å². The van der Waals surface area contributed by atoms with Gasteiger partial charge in [0.15, 0.2) is 0 Å². The Hall–Kier alpha value is -2.40. The van der Waals surface area contributed by atoms with Crippen molar-refractivity contribution in [2.75, 3.05) is 0 Å². The molecular weight excluding hydrogens is 270 g/mol. The van der Waals surface area contributed by atoms with E-state index in [1.807, 2.05) is 12.1 Å². The van der Waals surface area contributed by atoms with Gasteiger partial charge in [0, 0.05) is 26.1 Å². The molecule has 108 valence electrons. The second-order valence-electron chi connectivity index (χ2n) is 5.08. The molecule has 0 spiro atoms. The Morgan fingerprint density at radius 3 is 2.52 bits per heavy atom. The molecule has 1 aliphatic heterocycles. The molecular formula is C16H15NO4. The number of hydrogen-bond donors (Lipinski definition) is 0. The summed E-state index contributed by atoms with van der Waals surface area (Å²) in [6.07, 6.45) is 1.20. The number of nitrogens with zero attached hydrogens (tertiary/aromatic N) is 1. The third-order valence-electron chi connectivity index (χ3n) is 3.39. The molecule has 0 saturated carbocycles. The molecule has 3 rings (SSSR count). The van der Waals surface area contributed by atoms with Crippen LogP contribution in [0.2, 0.25) is 0 Å². The smallest absolute Gasteiger partial charge is 0.308 e. The van der Waals surface area contributed by atoms with Crippen LogP contribution < -0.4 is 10.2 Å². The summed E-state index contributed by atoms with van der Waals surface area (Å²) in [4.78, 5) is 24.8. The Bertz CT molecular complexity index is 710. The fraction of sp³-hybridized carbons (Fsp3) is 0.250. The summed E-state index contributed by atoms with van der Waals surface area (Å²) in [5.41, 5.74) is 2.26. The molecule has 1 aliphatic rings. The average molecular weight is 285 g/mol. The minimum Gasteiger partial charge on any atom is -0.464 e. The minimum absolute atomic E-state index is 0.0732. The lowest BCUT2D eigenvalue weighted by Gasteiger charge is -2.13. The number of ether oxygens (including phenoxy) is 1. The molecule has 0 unspecified atom stereocenters. The largest absolute Gasteiger partial charge is 0.464 e. The van der Waals surface area contributed by atoms with Gasteiger partial charge in [-0.1, -0.05) is 24.3 Å². The summed E-state index contributed by atoms with van der Waals surface area (Å²) in [5, 5.41) is 0. The lowest BCUT2D eigenvalue weighted by atomic mass is 10.1. The van der Waals surface area contributed by atoms with Crippen LogP contribution in [0.15, 0.2) is 45.8 Å². The van der Waals surface area contributed by atoms with Gasteiger partial charge >= 0.3 is 5.97 Å². The highest BCUT2D eigenvalue weighted by atomic mass is 16.5. The lowest BCUT2D eigenvalue weighted by molar-refractivity contribution is -0.132. The van der Waals surface area contributed by atoms with E-state index in [1.54, 1.807) is 0 Å². The monoisotopic (exact) mass is 285 g/mol. The fourth-order valence-electron chi connectivity index (χ4n) is 2.49. The van der Waals surface area contributed by atoms with Crippen LogP contribution in [0.5, 0.6) is 5.75 Å². The molecule has 0 bridgehead atoms. The Balaban J connectivity index is 1.71. The SMILES string of the molecule is CC(=O)Oc1coc(CN2Cc3ccccc3C2)cc1=O. The molecule has 1 aromatic carbocycles. The van der Waals surface area contributed by atoms with Crippen LogP contribution in [0.1, 0.15) is 23.8 Å². The summed E-state index contributed by atoms with van der Waals surface area (Å²) < 4.78 is 10.1. The maximum Gasteiger partial charge on any atom is 0.308 e. The zero-order chi connectivity index (χ0) is 14.8. The summed E-state index contributed by atoms with van der Waals surface area (Å²) in [6.45, 7) is 3.47. The molecule has 5 heteroatoms. The van der Waals surface area contributed by atoms with Crippen LogP contribution >= 0.6 is 0 Å². The highest BCUT2D eigenvalue weighted by Crippen LogP contribution is 2.23. The van der Waals surface area contributed by atoms with Gasteiger partial charge in [-0.3, -0.25) is 14.5 Å². The maximum atomic E-state index is 11.8. The molecule has 0 N–H and O–H groups in total. The van der Waals surface area contributed by atoms with E-state index in [9.17, 15) is 9.59 Å². The first-order valence-electron chi connectivity index (χ1n) is 6.71. The van der Waals surface area contributed by atoms with E-state index < -0.39 is 5.97 Å². The first-order chi connectivity index (χ1) is 10.1. The van der Waals surface area contributed by atoms with Gasteiger partial charge in [0.05, 0.1) is 6.54 Å². The number of fused-ring (bicyclic) bond motifs is 1. The lowest BCUT2D eigenvalue weighted by Crippen LogP contribution is -2.17. The maximum absolute atomic E-state index is 11.8. The van der Waals surface area contributed by atoms with Crippen molar-refractivity contribution in [1.82, 2.24) is 4.90 Å². The molecule has 0 fully saturated rings. The molecule has 1 aromatic heterocycles. The molecule has 2 aromatic rings. The Morgan fingerprint density at radius 1 is 1.29 bits per heavy atom. The van der Waals surface area contributed by atoms with Crippen LogP contribution in [0.25, 0.3) is 0 Å². The molecule has 5 nitrogen and oxygen atoms in total. The number of rotatable bonds is 3. The van der Waals surface area contributed by atoms with Crippen LogP contribution in [0.4, 0.5) is 0 Å². The van der Waals surface area contributed by atoms with Crippen molar-refractivity contribution in [3.05, 3.63) is 63.7 Å². The Morgan fingerprint density at radius 2 is 1.95 bits per heavy atom. The van der Waals surface area contributed by atoms with Crippen molar-refractivity contribution in [3.8, 4) is 5.75 Å². The normalized spacial score (nSPS) is 14.0. The molecule has 0 radical (unpaired) electrons. The number of benzene rings is 1. The van der Waals surface area contributed by atoms with E-state index in [-0.39, 0.29) is 11.2 Å². The molecule has 0 aliphatic carbocycles. The predicted octanol–water partition coefficient (Wildman–Crippen LogP) is 2.08. The minimum atomic E-state index is -0.537. The molecule has 2 heterocycles. The van der Waals surface area contributed by atoms with Crippen molar-refractivity contribution in [2.24, 2.45) is 0 Å². The van der Waals surface area contributed by atoms with E-state index in [0.29, 0.717) is 12.3 Å². The molecule has 0 amide bonds. The van der Waals surface area contributed by atoms with Crippen LogP contribution in [0.3, 0.4) is 0 Å². The van der Waals surface area contributed by atoms with Gasteiger partial charge < -0.3 is 9.15 Å². The van der Waals surface area contributed by atoms with E-state index in [2.05, 4.69) is 17.0 Å². The van der Waals surface area contributed by atoms with Crippen molar-refractivity contribution in [2.45, 2.75) is 26.6 Å². The van der Waals surface area contributed by atoms with Crippen molar-refractivity contribution in [3.63, 3.8) is 0 Å². The van der Waals surface area contributed by atoms with E-state index >= 15 is 0 Å². The van der Waals surface area contributed by atoms with Gasteiger partial charge in [0.2, 0.25) is 11.2 Å². The zero-order valence-corrected chi connectivity index (χ0v) is 11.7. The highest BCUT2D eigenvalue weighted by Gasteiger charge is 2.19. The van der Waals surface area contributed by atoms with Gasteiger partial charge in [-0.2, -0.15) is 0 Å². The van der Waals surface area contributed by atoms with Crippen LogP contribution in [0, 0.1) is 0 Å². The highest BCUT2D eigenvalue weighted by molar-refractivity contribution is 5.68. The van der Waals surface area contributed by atoms with Crippen LogP contribution in [-0.2, 0) is 24.4 Å². The summed E-state index contributed by atoms with van der Waals surface area (Å²) in [7, 11) is 0. The molecule has 0 atom stereocenters. The number of esters is 1. The summed E-state index contributed by atoms with van der Waals surface area (Å²) in [5.74, 6) is -0.0512. The van der Waals surface area contributed by atoms with Gasteiger partial charge in [-0.05, 0) is 11.1 Å². The van der Waals surface area contributed by atoms with Gasteiger partial charge in [0.25, 0.3) is 0 Å². The second-order valence-corrected chi connectivity index (χ2v) is 5.08. The van der Waals surface area contributed by atoms with Crippen molar-refractivity contribution < 1.29 is 13.9 Å². The third-order valence-corrected chi connectivity index (χ3v) is 3.39. The summed E-state index contributed by atoms with van der Waals surface area (Å²) in [6, 6.07) is 9.64. The molecule has 0 saturated heterocycles. The summed E-state index contributed by atoms with van der Waals surface area (Å²) >= 11 is 0. The van der Waals surface area contributed by atoms with Crippen molar-refractivity contribution in [1.29, 1.82) is 0 Å². The zero-order valence-electron chi connectivity index (χ0n) is 11.7. The topological polar surface area (TPSA) is 59.8 Å². The van der Waals surface area contributed by atoms with Gasteiger partial charge in [0.1, 0.15) is 12.0 Å². The fourth-order valence-corrected chi connectivity index (χ4v) is 2.49. The van der Waals surface area contributed by atoms with E-state index in [4.69, 9.17) is 9.15 Å². The number of carbonyl (C=O) groups is 1. The molecule has 21 heavy (non-hydrogen) atoms. The average Bonchev–Trinajstić information content (AvgIpc) is 2.83. The Kier molecular flexibility index (Phi) is 3.58. The standard InChI is InChI=1S/C16H15NO4/c1-11(18)21-16-10-20-14(6-15(16)19)9-17-7-12-4-2-3-5-13(12)8-17/h2-6,10H,7-9H2,1H3. The van der Waals surface area contributed by atoms with Crippen LogP contribution in [-0.4, -0.2) is 10.9 Å². The second kappa shape index (κ2) is 5.54. The quantitative estimate of drug-likeness (QED) is 0.808. The van der Waals surface area contributed by atoms with Gasteiger partial charge in [-0.25, -0.2) is 0 Å². The Labute approximate surface area is 121 Å². The number of carbonyl (C=O) groups excluding carboxylic acids is 1. The predicted molar refractivity (Wildman–Crippen MR) is 75.7 cm³/mol. The van der Waals surface area contributed by atoms with E-state index in [1.165, 1.54) is 30.4 Å². The first kappa shape index (κ1) is 13.6. The first-order valence-corrected chi connectivity index (χ1v) is 6.71. The number of hydrogen-bond acceptors (Lipinski definition) is 5. The third kappa shape index (κ3) is 3.03. The van der Waals surface area contributed by atoms with Crippen molar-refractivity contribution >= 4 is 5.97 Å².